The number of piperidine rings is 1. The van der Waals surface area contributed by atoms with Crippen LogP contribution >= 0.6 is 0 Å². The standard InChI is InChI=1S/C16H25N3O/c1-3-13-5-4-6-14(9-13)18-16(20)11-19-8-7-12(2)15(17)10-19/h4-6,9,12,15H,3,7-8,10-11,17H2,1-2H3,(H,18,20). The van der Waals surface area contributed by atoms with Crippen molar-refractivity contribution < 1.29 is 4.79 Å². The van der Waals surface area contributed by atoms with Crippen LogP contribution < -0.4 is 11.1 Å². The first-order valence-electron chi connectivity index (χ1n) is 7.45. The minimum Gasteiger partial charge on any atom is -0.326 e. The van der Waals surface area contributed by atoms with E-state index in [0.717, 1.165) is 31.6 Å². The third kappa shape index (κ3) is 4.05. The minimum atomic E-state index is 0.0417. The average Bonchev–Trinajstić information content (AvgIpc) is 2.43. The zero-order chi connectivity index (χ0) is 14.5. The van der Waals surface area contributed by atoms with Gasteiger partial charge >= 0.3 is 0 Å². The highest BCUT2D eigenvalue weighted by Crippen LogP contribution is 2.15. The number of carbonyl (C=O) groups is 1. The molecule has 20 heavy (non-hydrogen) atoms. The first-order valence-corrected chi connectivity index (χ1v) is 7.45. The third-order valence-corrected chi connectivity index (χ3v) is 4.09. The highest BCUT2D eigenvalue weighted by Gasteiger charge is 2.24. The Kier molecular flexibility index (Phi) is 5.15. The van der Waals surface area contributed by atoms with Crippen molar-refractivity contribution in [3.63, 3.8) is 0 Å². The predicted molar refractivity (Wildman–Crippen MR) is 82.6 cm³/mol. The van der Waals surface area contributed by atoms with Gasteiger partial charge in [-0.25, -0.2) is 0 Å². The zero-order valence-corrected chi connectivity index (χ0v) is 12.4. The Morgan fingerprint density at radius 3 is 3.00 bits per heavy atom. The fraction of sp³-hybridized carbons (Fsp3) is 0.562. The molecule has 0 bridgehead atoms. The van der Waals surface area contributed by atoms with Crippen molar-refractivity contribution in [2.45, 2.75) is 32.7 Å². The molecule has 1 aromatic rings. The second kappa shape index (κ2) is 6.86. The first kappa shape index (κ1) is 15.0. The number of hydrogen-bond donors (Lipinski definition) is 2. The molecule has 1 aliphatic heterocycles. The van der Waals surface area contributed by atoms with Crippen molar-refractivity contribution in [1.82, 2.24) is 4.90 Å². The fourth-order valence-corrected chi connectivity index (χ4v) is 2.59. The summed E-state index contributed by atoms with van der Waals surface area (Å²) < 4.78 is 0. The van der Waals surface area contributed by atoms with Crippen LogP contribution in [0.15, 0.2) is 24.3 Å². The fourth-order valence-electron chi connectivity index (χ4n) is 2.59. The molecule has 0 aliphatic carbocycles. The van der Waals surface area contributed by atoms with E-state index in [1.165, 1.54) is 5.56 Å². The van der Waals surface area contributed by atoms with E-state index in [-0.39, 0.29) is 11.9 Å². The van der Waals surface area contributed by atoms with Crippen LogP contribution in [0.4, 0.5) is 5.69 Å². The largest absolute Gasteiger partial charge is 0.326 e. The predicted octanol–water partition coefficient (Wildman–Crippen LogP) is 1.86. The monoisotopic (exact) mass is 275 g/mol. The molecule has 2 atom stereocenters. The number of benzene rings is 1. The van der Waals surface area contributed by atoms with E-state index in [9.17, 15) is 4.79 Å². The van der Waals surface area contributed by atoms with Gasteiger partial charge in [0, 0.05) is 18.3 Å². The van der Waals surface area contributed by atoms with Gasteiger partial charge in [0.05, 0.1) is 6.54 Å². The van der Waals surface area contributed by atoms with Gasteiger partial charge in [0.25, 0.3) is 0 Å². The number of aryl methyl sites for hydroxylation is 1. The summed E-state index contributed by atoms with van der Waals surface area (Å²) in [7, 11) is 0. The number of likely N-dealkylation sites (tertiary alicyclic amines) is 1. The van der Waals surface area contributed by atoms with Gasteiger partial charge in [0.1, 0.15) is 0 Å². The molecule has 1 saturated heterocycles. The molecule has 3 N–H and O–H groups in total. The number of anilines is 1. The molecular weight excluding hydrogens is 250 g/mol. The molecule has 0 saturated carbocycles. The molecule has 0 spiro atoms. The van der Waals surface area contributed by atoms with Crippen molar-refractivity contribution in [2.75, 3.05) is 25.0 Å². The van der Waals surface area contributed by atoms with Crippen molar-refractivity contribution in [1.29, 1.82) is 0 Å². The molecule has 2 rings (SSSR count). The summed E-state index contributed by atoms with van der Waals surface area (Å²) in [5, 5.41) is 2.97. The van der Waals surface area contributed by atoms with Gasteiger partial charge in [-0.1, -0.05) is 26.0 Å². The van der Waals surface area contributed by atoms with Crippen molar-refractivity contribution in [2.24, 2.45) is 11.7 Å². The SMILES string of the molecule is CCc1cccc(NC(=O)CN2CCC(C)C(N)C2)c1. The van der Waals surface area contributed by atoms with Crippen molar-refractivity contribution in [3.8, 4) is 0 Å². The summed E-state index contributed by atoms with van der Waals surface area (Å²) in [5.74, 6) is 0.593. The van der Waals surface area contributed by atoms with Gasteiger partial charge in [-0.3, -0.25) is 9.69 Å². The molecule has 4 heteroatoms. The first-order chi connectivity index (χ1) is 9.58. The highest BCUT2D eigenvalue weighted by atomic mass is 16.2. The maximum absolute atomic E-state index is 12.1. The van der Waals surface area contributed by atoms with E-state index in [1.54, 1.807) is 0 Å². The number of rotatable bonds is 4. The molecular formula is C16H25N3O. The van der Waals surface area contributed by atoms with Crippen molar-refractivity contribution >= 4 is 11.6 Å². The highest BCUT2D eigenvalue weighted by molar-refractivity contribution is 5.92. The Hall–Kier alpha value is -1.39. The Morgan fingerprint density at radius 2 is 2.30 bits per heavy atom. The number of carbonyl (C=O) groups excluding carboxylic acids is 1. The lowest BCUT2D eigenvalue weighted by Crippen LogP contribution is -2.49. The molecule has 1 fully saturated rings. The maximum atomic E-state index is 12.1. The Bertz CT molecular complexity index is 461. The molecule has 1 aliphatic rings. The minimum absolute atomic E-state index is 0.0417. The normalized spacial score (nSPS) is 23.6. The zero-order valence-electron chi connectivity index (χ0n) is 12.4. The molecule has 1 aromatic carbocycles. The van der Waals surface area contributed by atoms with Crippen LogP contribution in [0.25, 0.3) is 0 Å². The second-order valence-electron chi connectivity index (χ2n) is 5.77. The summed E-state index contributed by atoms with van der Waals surface area (Å²) in [4.78, 5) is 14.2. The topological polar surface area (TPSA) is 58.4 Å². The van der Waals surface area contributed by atoms with Gasteiger partial charge in [0.15, 0.2) is 0 Å². The number of nitrogens with one attached hydrogen (secondary N) is 1. The van der Waals surface area contributed by atoms with Gasteiger partial charge in [-0.05, 0) is 43.0 Å². The number of hydrogen-bond acceptors (Lipinski definition) is 3. The van der Waals surface area contributed by atoms with E-state index >= 15 is 0 Å². The second-order valence-corrected chi connectivity index (χ2v) is 5.77. The van der Waals surface area contributed by atoms with Gasteiger partial charge in [-0.2, -0.15) is 0 Å². The number of amides is 1. The van der Waals surface area contributed by atoms with Crippen LogP contribution in [0.2, 0.25) is 0 Å². The molecule has 110 valence electrons. The van der Waals surface area contributed by atoms with E-state index in [4.69, 9.17) is 5.73 Å². The van der Waals surface area contributed by atoms with E-state index in [1.807, 2.05) is 18.2 Å². The van der Waals surface area contributed by atoms with Gasteiger partial charge in [0.2, 0.25) is 5.91 Å². The average molecular weight is 275 g/mol. The lowest BCUT2D eigenvalue weighted by molar-refractivity contribution is -0.117. The molecule has 4 nitrogen and oxygen atoms in total. The van der Waals surface area contributed by atoms with Gasteiger partial charge in [-0.15, -0.1) is 0 Å². The number of nitrogens with two attached hydrogens (primary N) is 1. The van der Waals surface area contributed by atoms with Crippen molar-refractivity contribution in [3.05, 3.63) is 29.8 Å². The summed E-state index contributed by atoms with van der Waals surface area (Å²) in [6.07, 6.45) is 2.04. The molecule has 1 amide bonds. The Balaban J connectivity index is 1.86. The van der Waals surface area contributed by atoms with Crippen LogP contribution in [0.5, 0.6) is 0 Å². The Labute approximate surface area is 121 Å². The van der Waals surface area contributed by atoms with Crippen LogP contribution in [0.3, 0.4) is 0 Å². The van der Waals surface area contributed by atoms with Crippen LogP contribution in [-0.4, -0.2) is 36.5 Å². The molecule has 2 unspecified atom stereocenters. The Morgan fingerprint density at radius 1 is 1.50 bits per heavy atom. The van der Waals surface area contributed by atoms with E-state index in [0.29, 0.717) is 12.5 Å². The van der Waals surface area contributed by atoms with E-state index in [2.05, 4.69) is 30.1 Å². The quantitative estimate of drug-likeness (QED) is 0.882. The van der Waals surface area contributed by atoms with Gasteiger partial charge < -0.3 is 11.1 Å². The lowest BCUT2D eigenvalue weighted by atomic mass is 9.94. The molecule has 1 heterocycles. The smallest absolute Gasteiger partial charge is 0.238 e. The molecule has 0 aromatic heterocycles. The lowest BCUT2D eigenvalue weighted by Gasteiger charge is -2.34. The maximum Gasteiger partial charge on any atom is 0.238 e. The summed E-state index contributed by atoms with van der Waals surface area (Å²) >= 11 is 0. The summed E-state index contributed by atoms with van der Waals surface area (Å²) in [6, 6.07) is 8.19. The van der Waals surface area contributed by atoms with Crippen LogP contribution in [-0.2, 0) is 11.2 Å². The summed E-state index contributed by atoms with van der Waals surface area (Å²) in [6.45, 7) is 6.48. The number of nitrogens with zero attached hydrogens (tertiary/aromatic N) is 1. The van der Waals surface area contributed by atoms with E-state index < -0.39 is 0 Å². The third-order valence-electron chi connectivity index (χ3n) is 4.09. The molecule has 0 radical (unpaired) electrons. The van der Waals surface area contributed by atoms with Crippen LogP contribution in [0, 0.1) is 5.92 Å². The summed E-state index contributed by atoms with van der Waals surface area (Å²) in [5.41, 5.74) is 8.17. The van der Waals surface area contributed by atoms with Crippen LogP contribution in [0.1, 0.15) is 25.8 Å².